The number of amides is 1. The molecule has 0 saturated carbocycles. The number of nitrogens with one attached hydrogen (secondary N) is 1. The van der Waals surface area contributed by atoms with Gasteiger partial charge < -0.3 is 4.74 Å². The number of ether oxygens (including phenoxy) is 1. The fourth-order valence-corrected chi connectivity index (χ4v) is 2.62. The number of thiazole rings is 1. The number of aryl methyl sites for hydroxylation is 1. The first-order valence-electron chi connectivity index (χ1n) is 5.77. The highest BCUT2D eigenvalue weighted by atomic mass is 35.5. The highest BCUT2D eigenvalue weighted by Crippen LogP contribution is 2.31. The predicted molar refractivity (Wildman–Crippen MR) is 77.9 cm³/mol. The second-order valence-corrected chi connectivity index (χ2v) is 5.42. The van der Waals surface area contributed by atoms with Crippen LogP contribution in [-0.2, 0) is 4.74 Å². The van der Waals surface area contributed by atoms with Crippen molar-refractivity contribution in [1.29, 1.82) is 0 Å². The molecule has 1 N–H and O–H groups in total. The zero-order chi connectivity index (χ0) is 13.8. The summed E-state index contributed by atoms with van der Waals surface area (Å²) < 4.78 is 4.82. The molecule has 0 aliphatic heterocycles. The van der Waals surface area contributed by atoms with Gasteiger partial charge in [0.2, 0.25) is 0 Å². The summed E-state index contributed by atoms with van der Waals surface area (Å²) in [7, 11) is 0. The molecular weight excluding hydrogens is 284 g/mol. The SMILES string of the molecule is CCOC(=O)Nc1nc(-c2cccc(Cl)c2)c(C)s1. The van der Waals surface area contributed by atoms with Gasteiger partial charge in [0.15, 0.2) is 5.13 Å². The lowest BCUT2D eigenvalue weighted by molar-refractivity contribution is 0.168. The lowest BCUT2D eigenvalue weighted by Gasteiger charge is -2.00. The maximum atomic E-state index is 11.3. The molecule has 1 heterocycles. The molecular formula is C13H13ClN2O2S. The van der Waals surface area contributed by atoms with E-state index in [0.717, 1.165) is 16.1 Å². The minimum atomic E-state index is -0.492. The van der Waals surface area contributed by atoms with Crippen molar-refractivity contribution in [2.45, 2.75) is 13.8 Å². The van der Waals surface area contributed by atoms with Gasteiger partial charge in [0, 0.05) is 15.5 Å². The zero-order valence-corrected chi connectivity index (χ0v) is 12.1. The van der Waals surface area contributed by atoms with Crippen LogP contribution in [0.4, 0.5) is 9.93 Å². The van der Waals surface area contributed by atoms with Crippen molar-refractivity contribution in [1.82, 2.24) is 4.98 Å². The monoisotopic (exact) mass is 296 g/mol. The van der Waals surface area contributed by atoms with Crippen LogP contribution in [0, 0.1) is 6.92 Å². The smallest absolute Gasteiger partial charge is 0.413 e. The third-order valence-corrected chi connectivity index (χ3v) is 3.50. The molecule has 0 fully saturated rings. The van der Waals surface area contributed by atoms with Crippen LogP contribution >= 0.6 is 22.9 Å². The minimum absolute atomic E-state index is 0.331. The maximum Gasteiger partial charge on any atom is 0.413 e. The first-order chi connectivity index (χ1) is 9.10. The van der Waals surface area contributed by atoms with Crippen molar-refractivity contribution >= 4 is 34.2 Å². The van der Waals surface area contributed by atoms with E-state index >= 15 is 0 Å². The van der Waals surface area contributed by atoms with E-state index in [1.807, 2.05) is 31.2 Å². The van der Waals surface area contributed by atoms with Gasteiger partial charge in [-0.25, -0.2) is 9.78 Å². The van der Waals surface area contributed by atoms with Crippen molar-refractivity contribution in [3.05, 3.63) is 34.2 Å². The highest BCUT2D eigenvalue weighted by molar-refractivity contribution is 7.16. The van der Waals surface area contributed by atoms with E-state index in [0.29, 0.717) is 16.8 Å². The van der Waals surface area contributed by atoms with E-state index in [4.69, 9.17) is 16.3 Å². The van der Waals surface area contributed by atoms with Crippen LogP contribution in [-0.4, -0.2) is 17.7 Å². The van der Waals surface area contributed by atoms with Gasteiger partial charge in [0.25, 0.3) is 0 Å². The van der Waals surface area contributed by atoms with E-state index < -0.39 is 6.09 Å². The van der Waals surface area contributed by atoms with E-state index in [2.05, 4.69) is 10.3 Å². The van der Waals surface area contributed by atoms with Gasteiger partial charge in [-0.3, -0.25) is 5.32 Å². The number of nitrogens with zero attached hydrogens (tertiary/aromatic N) is 1. The summed E-state index contributed by atoms with van der Waals surface area (Å²) in [6.07, 6.45) is -0.492. The molecule has 0 radical (unpaired) electrons. The Balaban J connectivity index is 2.24. The maximum absolute atomic E-state index is 11.3. The molecule has 0 aliphatic rings. The van der Waals surface area contributed by atoms with E-state index in [9.17, 15) is 4.79 Å². The van der Waals surface area contributed by atoms with Gasteiger partial charge in [-0.05, 0) is 26.0 Å². The summed E-state index contributed by atoms with van der Waals surface area (Å²) in [4.78, 5) is 16.7. The number of carbonyl (C=O) groups excluding carboxylic acids is 1. The van der Waals surface area contributed by atoms with Gasteiger partial charge >= 0.3 is 6.09 Å². The second kappa shape index (κ2) is 6.04. The number of hydrogen-bond acceptors (Lipinski definition) is 4. The zero-order valence-electron chi connectivity index (χ0n) is 10.6. The van der Waals surface area contributed by atoms with Gasteiger partial charge in [0.05, 0.1) is 12.3 Å². The van der Waals surface area contributed by atoms with Crippen LogP contribution in [0.3, 0.4) is 0 Å². The molecule has 2 aromatic rings. The first kappa shape index (κ1) is 13.8. The molecule has 0 aliphatic carbocycles. The summed E-state index contributed by atoms with van der Waals surface area (Å²) in [5.41, 5.74) is 1.75. The third-order valence-electron chi connectivity index (χ3n) is 2.38. The van der Waals surface area contributed by atoms with Crippen LogP contribution in [0.1, 0.15) is 11.8 Å². The molecule has 19 heavy (non-hydrogen) atoms. The van der Waals surface area contributed by atoms with Crippen LogP contribution in [0.25, 0.3) is 11.3 Å². The molecule has 2 rings (SSSR count). The summed E-state index contributed by atoms with van der Waals surface area (Å²) in [5.74, 6) is 0. The highest BCUT2D eigenvalue weighted by Gasteiger charge is 2.12. The molecule has 0 saturated heterocycles. The molecule has 1 aromatic heterocycles. The van der Waals surface area contributed by atoms with Crippen LogP contribution in [0.5, 0.6) is 0 Å². The Morgan fingerprint density at radius 2 is 2.32 bits per heavy atom. The van der Waals surface area contributed by atoms with E-state index in [1.54, 1.807) is 6.92 Å². The number of rotatable bonds is 3. The number of halogens is 1. The lowest BCUT2D eigenvalue weighted by atomic mass is 10.1. The molecule has 100 valence electrons. The Bertz CT molecular complexity index is 598. The van der Waals surface area contributed by atoms with E-state index in [-0.39, 0.29) is 0 Å². The normalized spacial score (nSPS) is 10.3. The molecule has 4 nitrogen and oxygen atoms in total. The van der Waals surface area contributed by atoms with Gasteiger partial charge in [-0.2, -0.15) is 0 Å². The predicted octanol–water partition coefficient (Wildman–Crippen LogP) is 4.34. The standard InChI is InChI=1S/C13H13ClN2O2S/c1-3-18-13(17)16-12-15-11(8(2)19-12)9-5-4-6-10(14)7-9/h4-7H,3H2,1-2H3,(H,15,16,17). The first-order valence-corrected chi connectivity index (χ1v) is 6.96. The van der Waals surface area contributed by atoms with Crippen LogP contribution < -0.4 is 5.32 Å². The van der Waals surface area contributed by atoms with Gasteiger partial charge in [-0.15, -0.1) is 11.3 Å². The third kappa shape index (κ3) is 3.45. The Kier molecular flexibility index (Phi) is 4.39. The number of hydrogen-bond donors (Lipinski definition) is 1. The fourth-order valence-electron chi connectivity index (χ4n) is 1.61. The fraction of sp³-hybridized carbons (Fsp3) is 0.231. The van der Waals surface area contributed by atoms with Crippen molar-refractivity contribution in [3.63, 3.8) is 0 Å². The summed E-state index contributed by atoms with van der Waals surface area (Å²) in [6.45, 7) is 4.03. The van der Waals surface area contributed by atoms with Crippen molar-refractivity contribution in [3.8, 4) is 11.3 Å². The number of aromatic nitrogens is 1. The van der Waals surface area contributed by atoms with Crippen LogP contribution in [0.15, 0.2) is 24.3 Å². The number of anilines is 1. The average Bonchev–Trinajstić information content (AvgIpc) is 2.70. The molecule has 1 aromatic carbocycles. The Hall–Kier alpha value is -1.59. The molecule has 0 unspecified atom stereocenters. The van der Waals surface area contributed by atoms with Gasteiger partial charge in [0.1, 0.15) is 0 Å². The molecule has 0 bridgehead atoms. The number of carbonyl (C=O) groups is 1. The topological polar surface area (TPSA) is 51.2 Å². The Morgan fingerprint density at radius 3 is 3.00 bits per heavy atom. The van der Waals surface area contributed by atoms with Gasteiger partial charge in [-0.1, -0.05) is 23.7 Å². The minimum Gasteiger partial charge on any atom is -0.450 e. The Morgan fingerprint density at radius 1 is 1.53 bits per heavy atom. The van der Waals surface area contributed by atoms with Crippen molar-refractivity contribution < 1.29 is 9.53 Å². The van der Waals surface area contributed by atoms with E-state index in [1.165, 1.54) is 11.3 Å². The second-order valence-electron chi connectivity index (χ2n) is 3.78. The van der Waals surface area contributed by atoms with Crippen molar-refractivity contribution in [2.24, 2.45) is 0 Å². The average molecular weight is 297 g/mol. The summed E-state index contributed by atoms with van der Waals surface area (Å²) in [5, 5.41) is 3.78. The number of benzene rings is 1. The van der Waals surface area contributed by atoms with Crippen LogP contribution in [0.2, 0.25) is 5.02 Å². The lowest BCUT2D eigenvalue weighted by Crippen LogP contribution is -2.12. The summed E-state index contributed by atoms with van der Waals surface area (Å²) >= 11 is 7.37. The van der Waals surface area contributed by atoms with Crippen molar-refractivity contribution in [2.75, 3.05) is 11.9 Å². The Labute approximate surface area is 120 Å². The largest absolute Gasteiger partial charge is 0.450 e. The molecule has 0 spiro atoms. The molecule has 0 atom stereocenters. The quantitative estimate of drug-likeness (QED) is 0.916. The molecule has 6 heteroatoms. The summed E-state index contributed by atoms with van der Waals surface area (Å²) in [6, 6.07) is 7.46. The molecule has 1 amide bonds.